The van der Waals surface area contributed by atoms with E-state index in [2.05, 4.69) is 14.9 Å². The van der Waals surface area contributed by atoms with Gasteiger partial charge in [-0.3, -0.25) is 0 Å². The van der Waals surface area contributed by atoms with E-state index in [1.54, 1.807) is 24.3 Å². The summed E-state index contributed by atoms with van der Waals surface area (Å²) in [5, 5.41) is 3.93. The molecule has 0 spiro atoms. The highest BCUT2D eigenvalue weighted by atomic mass is 32.2. The molecule has 0 saturated heterocycles. The van der Waals surface area contributed by atoms with Crippen LogP contribution < -0.4 is 15.2 Å². The molecule has 1 saturated carbocycles. The highest BCUT2D eigenvalue weighted by Crippen LogP contribution is 2.37. The summed E-state index contributed by atoms with van der Waals surface area (Å²) in [5.41, 5.74) is 6.33. The molecule has 0 unspecified atom stereocenters. The zero-order valence-electron chi connectivity index (χ0n) is 14.0. The molecule has 1 aromatic heterocycles. The van der Waals surface area contributed by atoms with Crippen LogP contribution in [-0.2, 0) is 15.6 Å². The Hall–Kier alpha value is -2.23. The molecule has 9 heteroatoms. The summed E-state index contributed by atoms with van der Waals surface area (Å²) in [5.74, 6) is 1.09. The van der Waals surface area contributed by atoms with Crippen molar-refractivity contribution < 1.29 is 17.7 Å². The fourth-order valence-electron chi connectivity index (χ4n) is 2.57. The average molecular weight is 364 g/mol. The molecule has 3 rings (SSSR count). The van der Waals surface area contributed by atoms with Gasteiger partial charge in [-0.25, -0.2) is 13.1 Å². The Morgan fingerprint density at radius 3 is 2.72 bits per heavy atom. The van der Waals surface area contributed by atoms with Gasteiger partial charge in [0, 0.05) is 6.08 Å². The van der Waals surface area contributed by atoms with E-state index in [9.17, 15) is 8.42 Å². The van der Waals surface area contributed by atoms with E-state index >= 15 is 0 Å². The van der Waals surface area contributed by atoms with Crippen LogP contribution in [0.15, 0.2) is 27.6 Å². The Morgan fingerprint density at radius 2 is 2.12 bits per heavy atom. The molecule has 0 aliphatic heterocycles. The number of sulfonamides is 1. The Labute approximate surface area is 146 Å². The molecule has 8 nitrogen and oxygen atoms in total. The summed E-state index contributed by atoms with van der Waals surface area (Å²) in [6.07, 6.45) is 6.06. The second kappa shape index (κ2) is 6.58. The van der Waals surface area contributed by atoms with Gasteiger partial charge in [0.05, 0.1) is 12.6 Å². The highest BCUT2D eigenvalue weighted by Gasteiger charge is 2.38. The monoisotopic (exact) mass is 364 g/mol. The normalized spacial score (nSPS) is 16.8. The summed E-state index contributed by atoms with van der Waals surface area (Å²) in [6.45, 7) is 0. The first-order chi connectivity index (χ1) is 11.9. The van der Waals surface area contributed by atoms with E-state index < -0.39 is 15.6 Å². The summed E-state index contributed by atoms with van der Waals surface area (Å²) < 4.78 is 36.8. The molecule has 0 amide bonds. The lowest BCUT2D eigenvalue weighted by Crippen LogP contribution is -2.44. The molecule has 1 aliphatic carbocycles. The average Bonchev–Trinajstić information content (AvgIpc) is 3.07. The van der Waals surface area contributed by atoms with Crippen LogP contribution in [0.4, 0.5) is 0 Å². The lowest BCUT2D eigenvalue weighted by molar-refractivity contribution is 0.229. The van der Waals surface area contributed by atoms with E-state index in [-0.39, 0.29) is 10.6 Å². The van der Waals surface area contributed by atoms with Gasteiger partial charge in [0.25, 0.3) is 5.89 Å². The van der Waals surface area contributed by atoms with E-state index in [4.69, 9.17) is 15.0 Å². The third kappa shape index (κ3) is 3.44. The minimum atomic E-state index is -3.63. The second-order valence-electron chi connectivity index (χ2n) is 5.92. The second-order valence-corrected chi connectivity index (χ2v) is 7.77. The van der Waals surface area contributed by atoms with Crippen molar-refractivity contribution in [2.45, 2.75) is 29.7 Å². The van der Waals surface area contributed by atoms with Gasteiger partial charge in [-0.2, -0.15) is 4.98 Å². The van der Waals surface area contributed by atoms with Gasteiger partial charge in [-0.05, 0) is 50.1 Å². The van der Waals surface area contributed by atoms with Crippen LogP contribution in [0.5, 0.6) is 5.75 Å². The number of nitrogens with zero attached hydrogens (tertiary/aromatic N) is 2. The minimum Gasteiger partial charge on any atom is -0.495 e. The maximum atomic E-state index is 12.1. The van der Waals surface area contributed by atoms with Crippen LogP contribution in [0.1, 0.15) is 36.5 Å². The maximum absolute atomic E-state index is 12.1. The first kappa shape index (κ1) is 17.6. The predicted octanol–water partition coefficient (Wildman–Crippen LogP) is 1.49. The maximum Gasteiger partial charge on any atom is 0.250 e. The molecule has 2 aromatic rings. The van der Waals surface area contributed by atoms with Gasteiger partial charge < -0.3 is 15.0 Å². The Kier molecular flexibility index (Phi) is 4.63. The Morgan fingerprint density at radius 1 is 1.36 bits per heavy atom. The van der Waals surface area contributed by atoms with Crippen molar-refractivity contribution in [1.29, 1.82) is 0 Å². The molecule has 0 radical (unpaired) electrons. The van der Waals surface area contributed by atoms with Gasteiger partial charge in [-0.15, -0.1) is 0 Å². The van der Waals surface area contributed by atoms with Crippen LogP contribution in [0.2, 0.25) is 0 Å². The van der Waals surface area contributed by atoms with Crippen molar-refractivity contribution in [3.8, 4) is 5.75 Å². The Bertz CT molecular complexity index is 901. The number of ether oxygens (including phenoxy) is 1. The largest absolute Gasteiger partial charge is 0.495 e. The number of methoxy groups -OCH3 is 1. The van der Waals surface area contributed by atoms with Crippen LogP contribution in [0.25, 0.3) is 12.2 Å². The first-order valence-electron chi connectivity index (χ1n) is 7.81. The van der Waals surface area contributed by atoms with E-state index in [1.807, 2.05) is 0 Å². The fraction of sp³-hybridized carbons (Fsp3) is 0.375. The van der Waals surface area contributed by atoms with Crippen molar-refractivity contribution >= 4 is 22.2 Å². The van der Waals surface area contributed by atoms with Crippen LogP contribution in [-0.4, -0.2) is 32.7 Å². The van der Waals surface area contributed by atoms with Gasteiger partial charge >= 0.3 is 0 Å². The molecule has 0 bridgehead atoms. The predicted molar refractivity (Wildman–Crippen MR) is 92.2 cm³/mol. The number of hydrogen-bond acceptors (Lipinski definition) is 7. The van der Waals surface area contributed by atoms with E-state index in [0.717, 1.165) is 19.3 Å². The standard InChI is InChI=1S/C16H20N4O4S/c1-18-25(21,22)13-10-11(4-6-12(13)23-2)5-7-14-19-15(20-24-14)16(17)8-3-9-16/h4-7,10,18H,3,8-9,17H2,1-2H3/b7-5+. The summed E-state index contributed by atoms with van der Waals surface area (Å²) >= 11 is 0. The van der Waals surface area contributed by atoms with Gasteiger partial charge in [0.15, 0.2) is 5.82 Å². The molecule has 1 fully saturated rings. The number of aromatic nitrogens is 2. The molecule has 1 aliphatic rings. The quantitative estimate of drug-likeness (QED) is 0.796. The van der Waals surface area contributed by atoms with Crippen molar-refractivity contribution in [2.24, 2.45) is 5.73 Å². The number of nitrogens with one attached hydrogen (secondary N) is 1. The third-order valence-corrected chi connectivity index (χ3v) is 5.73. The van der Waals surface area contributed by atoms with Gasteiger partial charge in [0.1, 0.15) is 10.6 Å². The van der Waals surface area contributed by atoms with Crippen molar-refractivity contribution in [3.63, 3.8) is 0 Å². The number of nitrogens with two attached hydrogens (primary N) is 1. The van der Waals surface area contributed by atoms with E-state index in [0.29, 0.717) is 17.3 Å². The SMILES string of the molecule is CNS(=O)(=O)c1cc(/C=C/c2nc(C3(N)CCC3)no2)ccc1OC. The molecule has 0 atom stereocenters. The van der Waals surface area contributed by atoms with Crippen molar-refractivity contribution in [1.82, 2.24) is 14.9 Å². The van der Waals surface area contributed by atoms with Gasteiger partial charge in [-0.1, -0.05) is 11.2 Å². The van der Waals surface area contributed by atoms with Crippen LogP contribution in [0, 0.1) is 0 Å². The van der Waals surface area contributed by atoms with Gasteiger partial charge in [0.2, 0.25) is 10.0 Å². The van der Waals surface area contributed by atoms with Crippen molar-refractivity contribution in [2.75, 3.05) is 14.2 Å². The van der Waals surface area contributed by atoms with E-state index in [1.165, 1.54) is 20.2 Å². The summed E-state index contributed by atoms with van der Waals surface area (Å²) in [7, 11) is -0.867. The van der Waals surface area contributed by atoms with Crippen LogP contribution in [0.3, 0.4) is 0 Å². The van der Waals surface area contributed by atoms with Crippen molar-refractivity contribution in [3.05, 3.63) is 35.5 Å². The third-order valence-electron chi connectivity index (χ3n) is 4.30. The molecular weight excluding hydrogens is 344 g/mol. The highest BCUT2D eigenvalue weighted by molar-refractivity contribution is 7.89. The summed E-state index contributed by atoms with van der Waals surface area (Å²) in [4.78, 5) is 4.35. The lowest BCUT2D eigenvalue weighted by atomic mass is 9.77. The minimum absolute atomic E-state index is 0.0567. The zero-order valence-corrected chi connectivity index (χ0v) is 14.8. The zero-order chi connectivity index (χ0) is 18.1. The molecule has 25 heavy (non-hydrogen) atoms. The smallest absolute Gasteiger partial charge is 0.250 e. The first-order valence-corrected chi connectivity index (χ1v) is 9.29. The summed E-state index contributed by atoms with van der Waals surface area (Å²) in [6, 6.07) is 4.83. The number of rotatable bonds is 6. The molecule has 134 valence electrons. The number of benzene rings is 1. The lowest BCUT2D eigenvalue weighted by Gasteiger charge is -2.34. The molecule has 1 heterocycles. The topological polar surface area (TPSA) is 120 Å². The fourth-order valence-corrected chi connectivity index (χ4v) is 3.50. The molecule has 1 aromatic carbocycles. The Balaban J connectivity index is 1.85. The molecule has 3 N–H and O–H groups in total. The molecular formula is C16H20N4O4S. The number of hydrogen-bond donors (Lipinski definition) is 2. The van der Waals surface area contributed by atoms with Crippen LogP contribution >= 0.6 is 0 Å².